The van der Waals surface area contributed by atoms with Crippen molar-refractivity contribution in [1.29, 1.82) is 5.26 Å². The average molecular weight is 441 g/mol. The van der Waals surface area contributed by atoms with Crippen LogP contribution in [-0.2, 0) is 11.0 Å². The number of nitrogens with one attached hydrogen (secondary N) is 1. The summed E-state index contributed by atoms with van der Waals surface area (Å²) in [6, 6.07) is 13.3. The quantitative estimate of drug-likeness (QED) is 0.235. The van der Waals surface area contributed by atoms with Crippen LogP contribution in [0.2, 0.25) is 0 Å². The van der Waals surface area contributed by atoms with Crippen molar-refractivity contribution in [3.05, 3.63) is 87.2 Å². The van der Waals surface area contributed by atoms with E-state index in [4.69, 9.17) is 4.42 Å². The molecule has 0 aliphatic carbocycles. The zero-order valence-corrected chi connectivity index (χ0v) is 16.4. The first-order valence-electron chi connectivity index (χ1n) is 9.05. The largest absolute Gasteiger partial charge is 0.456 e. The molecule has 0 atom stereocenters. The molecule has 0 fully saturated rings. The Morgan fingerprint density at radius 1 is 1.19 bits per heavy atom. The van der Waals surface area contributed by atoms with Crippen LogP contribution in [-0.4, -0.2) is 10.8 Å². The molecule has 1 amide bonds. The fourth-order valence-electron chi connectivity index (χ4n) is 2.90. The number of halogens is 3. The topological polar surface area (TPSA) is 109 Å². The second-order valence-corrected chi connectivity index (χ2v) is 6.65. The lowest BCUT2D eigenvalue weighted by atomic mass is 10.1. The Balaban J connectivity index is 1.90. The molecule has 0 unspecified atom stereocenters. The summed E-state index contributed by atoms with van der Waals surface area (Å²) < 4.78 is 44.9. The predicted octanol–water partition coefficient (Wildman–Crippen LogP) is 5.73. The number of rotatable bonds is 5. The molecule has 1 N–H and O–H groups in total. The molecule has 0 saturated carbocycles. The number of para-hydroxylation sites is 1. The van der Waals surface area contributed by atoms with Crippen LogP contribution in [0.15, 0.2) is 64.6 Å². The zero-order chi connectivity index (χ0) is 23.5. The van der Waals surface area contributed by atoms with Gasteiger partial charge in [0, 0.05) is 12.1 Å². The number of carbonyl (C=O) groups excluding carboxylic acids is 1. The van der Waals surface area contributed by atoms with Gasteiger partial charge >= 0.3 is 6.18 Å². The Kier molecular flexibility index (Phi) is 6.11. The highest BCUT2D eigenvalue weighted by molar-refractivity contribution is 6.09. The van der Waals surface area contributed by atoms with Crippen LogP contribution < -0.4 is 5.32 Å². The molecule has 162 valence electrons. The number of furan rings is 1. The van der Waals surface area contributed by atoms with Gasteiger partial charge in [0.25, 0.3) is 11.6 Å². The average Bonchev–Trinajstić information content (AvgIpc) is 3.19. The SMILES string of the molecule is Cc1ccc(-c2ccc(/C=C(\C#N)C(=O)Nc3ccccc3C(F)(F)F)o2)c([N+](=O)[O-])c1. The monoisotopic (exact) mass is 441 g/mol. The molecule has 3 aromatic rings. The van der Waals surface area contributed by atoms with E-state index in [9.17, 15) is 33.3 Å². The van der Waals surface area contributed by atoms with Crippen molar-refractivity contribution in [2.45, 2.75) is 13.1 Å². The minimum absolute atomic E-state index is 0.0191. The highest BCUT2D eigenvalue weighted by Crippen LogP contribution is 2.35. The van der Waals surface area contributed by atoms with Crippen molar-refractivity contribution in [3.63, 3.8) is 0 Å². The van der Waals surface area contributed by atoms with Crippen LogP contribution in [0, 0.1) is 28.4 Å². The fraction of sp³-hybridized carbons (Fsp3) is 0.0909. The van der Waals surface area contributed by atoms with Crippen LogP contribution in [0.1, 0.15) is 16.9 Å². The minimum atomic E-state index is -4.70. The summed E-state index contributed by atoms with van der Waals surface area (Å²) >= 11 is 0. The molecule has 0 aliphatic heterocycles. The number of aryl methyl sites for hydroxylation is 1. The molecule has 0 saturated heterocycles. The molecule has 0 radical (unpaired) electrons. The fourth-order valence-corrected chi connectivity index (χ4v) is 2.90. The van der Waals surface area contributed by atoms with Gasteiger partial charge in [-0.1, -0.05) is 18.2 Å². The molecular formula is C22H14F3N3O4. The molecule has 1 aromatic heterocycles. The van der Waals surface area contributed by atoms with E-state index in [0.717, 1.165) is 18.2 Å². The molecular weight excluding hydrogens is 427 g/mol. The van der Waals surface area contributed by atoms with E-state index in [-0.39, 0.29) is 22.8 Å². The van der Waals surface area contributed by atoms with Crippen LogP contribution in [0.25, 0.3) is 17.4 Å². The molecule has 0 spiro atoms. The number of amides is 1. The van der Waals surface area contributed by atoms with E-state index in [0.29, 0.717) is 5.56 Å². The number of hydrogen-bond donors (Lipinski definition) is 1. The first kappa shape index (κ1) is 22.3. The number of nitriles is 1. The van der Waals surface area contributed by atoms with Gasteiger partial charge in [0.1, 0.15) is 23.2 Å². The molecule has 0 bridgehead atoms. The highest BCUT2D eigenvalue weighted by Gasteiger charge is 2.33. The predicted molar refractivity (Wildman–Crippen MR) is 109 cm³/mol. The van der Waals surface area contributed by atoms with Crippen LogP contribution in [0.3, 0.4) is 0 Å². The Hall–Kier alpha value is -4.39. The summed E-state index contributed by atoms with van der Waals surface area (Å²) in [7, 11) is 0. The van der Waals surface area contributed by atoms with Gasteiger partial charge < -0.3 is 9.73 Å². The number of nitro benzene ring substituents is 1. The maximum absolute atomic E-state index is 13.1. The number of anilines is 1. The Labute approximate surface area is 179 Å². The van der Waals surface area contributed by atoms with Crippen molar-refractivity contribution in [2.75, 3.05) is 5.32 Å². The van der Waals surface area contributed by atoms with Crippen molar-refractivity contribution in [2.24, 2.45) is 0 Å². The number of nitrogens with zero attached hydrogens (tertiary/aromatic N) is 2. The molecule has 2 aromatic carbocycles. The molecule has 7 nitrogen and oxygen atoms in total. The van der Waals surface area contributed by atoms with Crippen molar-refractivity contribution in [3.8, 4) is 17.4 Å². The van der Waals surface area contributed by atoms with Gasteiger partial charge in [-0.05, 0) is 42.8 Å². The van der Waals surface area contributed by atoms with Gasteiger partial charge in [0.05, 0.1) is 21.7 Å². The third-order valence-electron chi connectivity index (χ3n) is 4.37. The Bertz CT molecular complexity index is 1270. The Morgan fingerprint density at radius 3 is 2.56 bits per heavy atom. The second kappa shape index (κ2) is 8.77. The molecule has 10 heteroatoms. The second-order valence-electron chi connectivity index (χ2n) is 6.65. The highest BCUT2D eigenvalue weighted by atomic mass is 19.4. The zero-order valence-electron chi connectivity index (χ0n) is 16.4. The molecule has 3 rings (SSSR count). The van der Waals surface area contributed by atoms with Crippen molar-refractivity contribution >= 4 is 23.4 Å². The maximum atomic E-state index is 13.1. The normalized spacial score (nSPS) is 11.7. The molecule has 32 heavy (non-hydrogen) atoms. The maximum Gasteiger partial charge on any atom is 0.418 e. The number of carbonyl (C=O) groups is 1. The summed E-state index contributed by atoms with van der Waals surface area (Å²) in [6.07, 6.45) is -3.66. The summed E-state index contributed by atoms with van der Waals surface area (Å²) in [5.74, 6) is -0.919. The summed E-state index contributed by atoms with van der Waals surface area (Å²) in [5.41, 5.74) is -1.38. The standard InChI is InChI=1S/C22H14F3N3O4/c1-13-6-8-16(19(10-13)28(30)31)20-9-7-15(32-20)11-14(12-26)21(29)27-18-5-3-2-4-17(18)22(23,24)25/h2-11H,1H3,(H,27,29)/b14-11+. The summed E-state index contributed by atoms with van der Waals surface area (Å²) in [6.45, 7) is 1.70. The lowest BCUT2D eigenvalue weighted by molar-refractivity contribution is -0.384. The van der Waals surface area contributed by atoms with E-state index < -0.39 is 33.8 Å². The first-order valence-corrected chi connectivity index (χ1v) is 9.05. The summed E-state index contributed by atoms with van der Waals surface area (Å²) in [4.78, 5) is 23.1. The van der Waals surface area contributed by atoms with Crippen molar-refractivity contribution in [1.82, 2.24) is 0 Å². The van der Waals surface area contributed by atoms with Gasteiger partial charge in [-0.2, -0.15) is 18.4 Å². The van der Waals surface area contributed by atoms with E-state index in [1.165, 1.54) is 36.4 Å². The summed E-state index contributed by atoms with van der Waals surface area (Å²) in [5, 5.41) is 22.7. The van der Waals surface area contributed by atoms with Gasteiger partial charge in [-0.15, -0.1) is 0 Å². The molecule has 1 heterocycles. The lowest BCUT2D eigenvalue weighted by Crippen LogP contribution is -2.17. The van der Waals surface area contributed by atoms with E-state index in [2.05, 4.69) is 5.32 Å². The van der Waals surface area contributed by atoms with Gasteiger partial charge in [-0.3, -0.25) is 14.9 Å². The van der Waals surface area contributed by atoms with Gasteiger partial charge in [0.2, 0.25) is 0 Å². The lowest BCUT2D eigenvalue weighted by Gasteiger charge is -2.13. The number of hydrogen-bond acceptors (Lipinski definition) is 5. The first-order chi connectivity index (χ1) is 15.1. The Morgan fingerprint density at radius 2 is 1.91 bits per heavy atom. The molecule has 0 aliphatic rings. The number of benzene rings is 2. The number of alkyl halides is 3. The van der Waals surface area contributed by atoms with Gasteiger partial charge in [-0.25, -0.2) is 0 Å². The van der Waals surface area contributed by atoms with E-state index >= 15 is 0 Å². The number of nitro groups is 1. The third kappa shape index (κ3) is 4.84. The van der Waals surface area contributed by atoms with Crippen LogP contribution in [0.5, 0.6) is 0 Å². The van der Waals surface area contributed by atoms with Crippen LogP contribution >= 0.6 is 0 Å². The van der Waals surface area contributed by atoms with E-state index in [1.807, 2.05) is 0 Å². The van der Waals surface area contributed by atoms with E-state index in [1.54, 1.807) is 19.1 Å². The third-order valence-corrected chi connectivity index (χ3v) is 4.37. The minimum Gasteiger partial charge on any atom is -0.456 e. The van der Waals surface area contributed by atoms with Crippen molar-refractivity contribution < 1.29 is 27.3 Å². The van der Waals surface area contributed by atoms with Gasteiger partial charge in [0.15, 0.2) is 0 Å². The smallest absolute Gasteiger partial charge is 0.418 e. The van der Waals surface area contributed by atoms with Crippen LogP contribution in [0.4, 0.5) is 24.5 Å².